The normalized spacial score (nSPS) is 22.7. The molecule has 0 aliphatic heterocycles. The molecule has 9 aromatic carbocycles. The average Bonchev–Trinajstić information content (AvgIpc) is 3.98. The second-order valence-corrected chi connectivity index (χ2v) is 19.5. The van der Waals surface area contributed by atoms with Gasteiger partial charge in [-0.2, -0.15) is 0 Å². The largest absolute Gasteiger partial charge is 0.310 e. The first-order valence-electron chi connectivity index (χ1n) is 23.4. The maximum atomic E-state index is 2.56. The van der Waals surface area contributed by atoms with Crippen LogP contribution in [0.15, 0.2) is 212 Å². The third kappa shape index (κ3) is 5.14. The molecule has 64 heavy (non-hydrogen) atoms. The zero-order valence-electron chi connectivity index (χ0n) is 35.9. The fourth-order valence-corrected chi connectivity index (χ4v) is 13.9. The predicted molar refractivity (Wildman–Crippen MR) is 267 cm³/mol. The molecule has 10 aromatic rings. The van der Waals surface area contributed by atoms with Crippen molar-refractivity contribution in [3.8, 4) is 39.1 Å². The lowest BCUT2D eigenvalue weighted by Gasteiger charge is -2.66. The van der Waals surface area contributed by atoms with Gasteiger partial charge in [0.15, 0.2) is 0 Å². The van der Waals surface area contributed by atoms with Crippen LogP contribution in [0.25, 0.3) is 71.6 Å². The summed E-state index contributed by atoms with van der Waals surface area (Å²) in [5, 5.41) is 5.00. The van der Waals surface area contributed by atoms with E-state index in [1.165, 1.54) is 104 Å². The summed E-state index contributed by atoms with van der Waals surface area (Å²) in [6.07, 6.45) is 7.27. The molecule has 2 bridgehead atoms. The topological polar surface area (TPSA) is 8.17 Å². The Balaban J connectivity index is 0.873. The van der Waals surface area contributed by atoms with Gasteiger partial charge in [0.1, 0.15) is 0 Å². The number of anilines is 3. The minimum absolute atomic E-state index is 0.399. The summed E-state index contributed by atoms with van der Waals surface area (Å²) in [5.41, 5.74) is 17.2. The minimum atomic E-state index is 0.399. The number of para-hydroxylation sites is 3. The molecule has 1 aromatic heterocycles. The first-order valence-corrected chi connectivity index (χ1v) is 23.4. The molecular formula is C62H48N2. The van der Waals surface area contributed by atoms with Crippen LogP contribution in [-0.2, 0) is 5.41 Å². The van der Waals surface area contributed by atoms with E-state index in [0.717, 1.165) is 40.2 Å². The van der Waals surface area contributed by atoms with Crippen molar-refractivity contribution in [1.29, 1.82) is 0 Å². The van der Waals surface area contributed by atoms with Crippen molar-refractivity contribution < 1.29 is 0 Å². The molecule has 306 valence electrons. The first-order chi connectivity index (χ1) is 31.6. The van der Waals surface area contributed by atoms with E-state index < -0.39 is 0 Å². The van der Waals surface area contributed by atoms with Crippen molar-refractivity contribution in [2.45, 2.75) is 37.5 Å². The number of nitrogens with zero attached hydrogens (tertiary/aromatic N) is 2. The van der Waals surface area contributed by atoms with Crippen LogP contribution in [0.4, 0.5) is 17.1 Å². The van der Waals surface area contributed by atoms with E-state index in [2.05, 4.69) is 222 Å². The molecule has 4 aliphatic carbocycles. The zero-order chi connectivity index (χ0) is 42.0. The molecule has 14 rings (SSSR count). The number of hydrogen-bond acceptors (Lipinski definition) is 1. The lowest BCUT2D eigenvalue weighted by Crippen LogP contribution is -2.59. The summed E-state index contributed by atoms with van der Waals surface area (Å²) >= 11 is 0. The maximum absolute atomic E-state index is 2.56. The Bertz CT molecular complexity index is 3380. The Kier molecular flexibility index (Phi) is 7.76. The molecule has 2 atom stereocenters. The van der Waals surface area contributed by atoms with E-state index in [-0.39, 0.29) is 0 Å². The number of hydrogen-bond donors (Lipinski definition) is 0. The van der Waals surface area contributed by atoms with Crippen LogP contribution in [-0.4, -0.2) is 4.57 Å². The Morgan fingerprint density at radius 2 is 0.969 bits per heavy atom. The third-order valence-electron chi connectivity index (χ3n) is 16.7. The van der Waals surface area contributed by atoms with Crippen LogP contribution >= 0.6 is 0 Å². The second kappa shape index (κ2) is 13.7. The number of fused-ring (bicyclic) bond motifs is 5. The molecule has 4 fully saturated rings. The predicted octanol–water partition coefficient (Wildman–Crippen LogP) is 16.5. The van der Waals surface area contributed by atoms with Crippen LogP contribution in [0.3, 0.4) is 0 Å². The molecule has 0 unspecified atom stereocenters. The number of benzene rings is 9. The lowest BCUT2D eigenvalue weighted by molar-refractivity contribution is -0.175. The highest BCUT2D eigenvalue weighted by Crippen LogP contribution is 2.84. The molecule has 1 heterocycles. The minimum Gasteiger partial charge on any atom is -0.310 e. The van der Waals surface area contributed by atoms with Gasteiger partial charge in [-0.3, -0.25) is 0 Å². The van der Waals surface area contributed by atoms with Gasteiger partial charge in [-0.1, -0.05) is 164 Å². The van der Waals surface area contributed by atoms with Crippen LogP contribution in [0.2, 0.25) is 0 Å². The summed E-state index contributed by atoms with van der Waals surface area (Å²) in [4.78, 5) is 2.46. The molecule has 0 amide bonds. The number of aromatic nitrogens is 1. The van der Waals surface area contributed by atoms with Crippen LogP contribution in [0.1, 0.15) is 37.7 Å². The van der Waals surface area contributed by atoms with Crippen molar-refractivity contribution in [2.75, 3.05) is 4.90 Å². The SMILES string of the molecule is c1ccc(-c2ccc(N(c3ccc(-c4cccc(C56C[C@@H]7CC8C[C@@H](C5)C87C6)c4)cc3)c3ccc(-c4ccccc4-n4c5ccccc5c5ccccc54)cc3)c3ccccc23)cc1. The first kappa shape index (κ1) is 36.3. The van der Waals surface area contributed by atoms with Gasteiger partial charge in [0.25, 0.3) is 0 Å². The lowest BCUT2D eigenvalue weighted by atomic mass is 9.38. The van der Waals surface area contributed by atoms with E-state index >= 15 is 0 Å². The molecule has 0 N–H and O–H groups in total. The van der Waals surface area contributed by atoms with Gasteiger partial charge < -0.3 is 9.47 Å². The summed E-state index contributed by atoms with van der Waals surface area (Å²) < 4.78 is 2.43. The van der Waals surface area contributed by atoms with Gasteiger partial charge in [-0.15, -0.1) is 0 Å². The smallest absolute Gasteiger partial charge is 0.0541 e. The molecule has 0 radical (unpaired) electrons. The second-order valence-electron chi connectivity index (χ2n) is 19.5. The van der Waals surface area contributed by atoms with Crippen molar-refractivity contribution in [3.63, 3.8) is 0 Å². The van der Waals surface area contributed by atoms with E-state index in [1.54, 1.807) is 5.56 Å². The highest BCUT2D eigenvalue weighted by Gasteiger charge is 2.77. The summed E-state index contributed by atoms with van der Waals surface area (Å²) in [6.45, 7) is 0. The number of rotatable bonds is 8. The molecule has 2 nitrogen and oxygen atoms in total. The van der Waals surface area contributed by atoms with Gasteiger partial charge >= 0.3 is 0 Å². The van der Waals surface area contributed by atoms with Crippen molar-refractivity contribution >= 4 is 49.6 Å². The standard InChI is InChI=1S/C62H48N2/c1-2-13-42(14-3-1)51-33-34-60(54-19-5-4-18-53(51)54)63(49-29-25-41(26-30-49)44-15-12-16-45(35-44)61-38-47-36-46-37-48(39-61)62(46,47)40-61)50-31-27-43(28-32-50)52-17-6-9-22-57(52)64-58-23-10-7-20-55(58)56-21-8-11-24-59(56)64/h1-35,46-48H,36-40H2/t46?,47-,48-,61?,62?/m0/s1. The molecule has 4 aliphatic rings. The van der Waals surface area contributed by atoms with Gasteiger partial charge in [-0.25, -0.2) is 0 Å². The molecular weight excluding hydrogens is 773 g/mol. The van der Waals surface area contributed by atoms with E-state index in [0.29, 0.717) is 5.41 Å². The van der Waals surface area contributed by atoms with Gasteiger partial charge in [0, 0.05) is 33.1 Å². The van der Waals surface area contributed by atoms with E-state index in [4.69, 9.17) is 0 Å². The molecule has 4 saturated carbocycles. The Morgan fingerprint density at radius 1 is 0.406 bits per heavy atom. The van der Waals surface area contributed by atoms with Gasteiger partial charge in [0.2, 0.25) is 0 Å². The molecule has 0 saturated heterocycles. The third-order valence-corrected chi connectivity index (χ3v) is 16.7. The van der Waals surface area contributed by atoms with E-state index in [9.17, 15) is 0 Å². The van der Waals surface area contributed by atoms with E-state index in [1.807, 2.05) is 0 Å². The summed E-state index contributed by atoms with van der Waals surface area (Å²) in [5.74, 6) is 3.01. The van der Waals surface area contributed by atoms with Crippen LogP contribution in [0.5, 0.6) is 0 Å². The Hall–Kier alpha value is -7.16. The molecule has 2 heteroatoms. The highest BCUT2D eigenvalue weighted by molar-refractivity contribution is 6.10. The quantitative estimate of drug-likeness (QED) is 0.148. The van der Waals surface area contributed by atoms with Gasteiger partial charge in [0.05, 0.1) is 22.4 Å². The maximum Gasteiger partial charge on any atom is 0.0541 e. The van der Waals surface area contributed by atoms with Crippen molar-refractivity contribution in [3.05, 3.63) is 218 Å². The van der Waals surface area contributed by atoms with Crippen molar-refractivity contribution in [2.24, 2.45) is 23.2 Å². The monoisotopic (exact) mass is 820 g/mol. The fourth-order valence-electron chi connectivity index (χ4n) is 13.9. The highest BCUT2D eigenvalue weighted by atomic mass is 15.1. The Labute approximate surface area is 375 Å². The van der Waals surface area contributed by atoms with Gasteiger partial charge in [-0.05, 0) is 148 Å². The summed E-state index contributed by atoms with van der Waals surface area (Å²) in [6, 6.07) is 79.0. The van der Waals surface area contributed by atoms with Crippen LogP contribution < -0.4 is 4.90 Å². The summed E-state index contributed by atoms with van der Waals surface area (Å²) in [7, 11) is 0. The van der Waals surface area contributed by atoms with Crippen LogP contribution in [0, 0.1) is 23.2 Å². The molecule has 1 spiro atoms. The zero-order valence-corrected chi connectivity index (χ0v) is 35.9. The van der Waals surface area contributed by atoms with Crippen molar-refractivity contribution in [1.82, 2.24) is 4.57 Å². The fraction of sp³-hybridized carbons (Fsp3) is 0.161. The average molecular weight is 821 g/mol. The Morgan fingerprint density at radius 3 is 1.64 bits per heavy atom.